The van der Waals surface area contributed by atoms with Crippen LogP contribution in [-0.2, 0) is 33.2 Å². The monoisotopic (exact) mass is 935 g/mol. The predicted molar refractivity (Wildman–Crippen MR) is 242 cm³/mol. The van der Waals surface area contributed by atoms with Crippen LogP contribution in [-0.4, -0.2) is 164 Å². The number of esters is 1. The fourth-order valence-electron chi connectivity index (χ4n) is 8.43. The van der Waals surface area contributed by atoms with Crippen LogP contribution in [0.15, 0.2) is 85.1 Å². The third kappa shape index (κ3) is 16.9. The third-order valence-corrected chi connectivity index (χ3v) is 12.6. The number of nitrogens with one attached hydrogen (secondary N) is 1. The van der Waals surface area contributed by atoms with Gasteiger partial charge in [0.15, 0.2) is 12.1 Å². The standard InChI is InChI=1S/C48H74N2O16/c1-28-18-16-14-12-10-8-6-7-9-11-13-15-17-19-35(64-46-45(59)41(49)44(58)31(4)63-46)25-38-42-39(65-47(60)50-42)27-48(61-5,66-38)26-34(53)23-37(55)36(54)21-20-32(51)22-33(52)24-40(56)62-30(3)29(2)43(28)57/h6-19,28-39,41-46,51-55,57-59H,20-27,49H2,1-5H3,(H,50,60)/b7-6+,10-8+,11-9+,14-12+,15-13+,18-16+,19-17+/t28-,29-,30?,31+,32+,33+,34-,35-,36+,37+,38?,39?,41-,42-,43+,44+,45-,46-,48+/m0/s1. The number of cyclic esters (lactones) is 1. The van der Waals surface area contributed by atoms with Gasteiger partial charge in [-0.25, -0.2) is 4.79 Å². The van der Waals surface area contributed by atoms with Gasteiger partial charge in [0.25, 0.3) is 0 Å². The number of fused-ring (bicyclic) bond motifs is 4. The lowest BCUT2D eigenvalue weighted by atomic mass is 9.87. The van der Waals surface area contributed by atoms with Crippen LogP contribution in [0.2, 0.25) is 0 Å². The maximum atomic E-state index is 12.7. The van der Waals surface area contributed by atoms with Gasteiger partial charge in [-0.2, -0.15) is 0 Å². The van der Waals surface area contributed by atoms with Crippen LogP contribution < -0.4 is 11.1 Å². The van der Waals surface area contributed by atoms with Gasteiger partial charge < -0.3 is 80.3 Å². The first-order chi connectivity index (χ1) is 31.3. The van der Waals surface area contributed by atoms with Gasteiger partial charge in [-0.15, -0.1) is 0 Å². The van der Waals surface area contributed by atoms with Crippen molar-refractivity contribution in [2.75, 3.05) is 7.11 Å². The van der Waals surface area contributed by atoms with Crippen molar-refractivity contribution in [3.05, 3.63) is 85.1 Å². The van der Waals surface area contributed by atoms with E-state index in [1.807, 2.05) is 67.7 Å². The first-order valence-corrected chi connectivity index (χ1v) is 22.9. The Labute approximate surface area is 387 Å². The second-order valence-corrected chi connectivity index (χ2v) is 17.9. The molecule has 4 heterocycles. The van der Waals surface area contributed by atoms with Crippen LogP contribution >= 0.6 is 0 Å². The summed E-state index contributed by atoms with van der Waals surface area (Å²) in [5.41, 5.74) is 6.10. The number of carbonyl (C=O) groups excluding carboxylic acids is 2. The Balaban J connectivity index is 1.55. The molecule has 0 aromatic rings. The number of ether oxygens (including phenoxy) is 6. The Hall–Kier alpha value is -3.60. The summed E-state index contributed by atoms with van der Waals surface area (Å²) in [6, 6.07) is -1.74. The lowest BCUT2D eigenvalue weighted by molar-refractivity contribution is -0.306. The van der Waals surface area contributed by atoms with Crippen LogP contribution in [0.3, 0.4) is 0 Å². The number of carbonyl (C=O) groups is 2. The number of rotatable bonds is 3. The van der Waals surface area contributed by atoms with E-state index in [1.165, 1.54) is 7.11 Å². The summed E-state index contributed by atoms with van der Waals surface area (Å²) in [4.78, 5) is 25.3. The molecule has 2 bridgehead atoms. The molecule has 4 aliphatic heterocycles. The molecule has 18 nitrogen and oxygen atoms in total. The van der Waals surface area contributed by atoms with Crippen molar-refractivity contribution in [2.24, 2.45) is 17.6 Å². The zero-order chi connectivity index (χ0) is 48.6. The summed E-state index contributed by atoms with van der Waals surface area (Å²) in [5.74, 6) is -2.94. The number of hydrogen-bond donors (Lipinski definition) is 10. The molecule has 66 heavy (non-hydrogen) atoms. The number of aliphatic hydroxyl groups is 8. The fourth-order valence-corrected chi connectivity index (χ4v) is 8.43. The van der Waals surface area contributed by atoms with E-state index in [2.05, 4.69) is 5.32 Å². The van der Waals surface area contributed by atoms with Crippen molar-refractivity contribution >= 4 is 12.1 Å². The summed E-state index contributed by atoms with van der Waals surface area (Å²) in [5, 5.41) is 89.2. The van der Waals surface area contributed by atoms with Crippen LogP contribution in [0, 0.1) is 11.8 Å². The van der Waals surface area contributed by atoms with Gasteiger partial charge in [-0.05, 0) is 33.1 Å². The molecule has 372 valence electrons. The normalized spacial score (nSPS) is 45.7. The number of hydrogen-bond acceptors (Lipinski definition) is 17. The van der Waals surface area contributed by atoms with Gasteiger partial charge in [0, 0.05) is 44.6 Å². The van der Waals surface area contributed by atoms with E-state index < -0.39 is 128 Å². The molecular weight excluding hydrogens is 861 g/mol. The van der Waals surface area contributed by atoms with Gasteiger partial charge in [-0.3, -0.25) is 4.79 Å². The molecule has 0 saturated carbocycles. The largest absolute Gasteiger partial charge is 0.462 e. The quantitative estimate of drug-likeness (QED) is 0.181. The van der Waals surface area contributed by atoms with E-state index in [0.29, 0.717) is 0 Å². The van der Waals surface area contributed by atoms with Crippen molar-refractivity contribution in [1.29, 1.82) is 0 Å². The molecule has 19 atom stereocenters. The van der Waals surface area contributed by atoms with Crippen LogP contribution in [0.5, 0.6) is 0 Å². The zero-order valence-corrected chi connectivity index (χ0v) is 38.6. The number of aliphatic hydroxyl groups excluding tert-OH is 8. The van der Waals surface area contributed by atoms with Crippen molar-refractivity contribution < 1.29 is 78.9 Å². The highest BCUT2D eigenvalue weighted by atomic mass is 16.7. The molecule has 3 fully saturated rings. The number of methoxy groups -OCH3 is 1. The Morgan fingerprint density at radius 1 is 0.652 bits per heavy atom. The molecule has 18 heteroatoms. The second kappa shape index (κ2) is 26.8. The smallest absolute Gasteiger partial charge is 0.407 e. The molecule has 3 unspecified atom stereocenters. The van der Waals surface area contributed by atoms with Gasteiger partial charge in [0.05, 0.1) is 79.5 Å². The van der Waals surface area contributed by atoms with Gasteiger partial charge in [-0.1, -0.05) is 98.9 Å². The van der Waals surface area contributed by atoms with Crippen molar-refractivity contribution in [2.45, 2.75) is 183 Å². The first-order valence-electron chi connectivity index (χ1n) is 22.9. The van der Waals surface area contributed by atoms with Crippen LogP contribution in [0.4, 0.5) is 4.79 Å². The predicted octanol–water partition coefficient (Wildman–Crippen LogP) is 1.78. The SMILES string of the molecule is CO[C@]12CC3OC(=O)N[C@H]3C(C[C@@H](O[C@@H]3O[C@H](C)[C@@H](O)[C@H](N)[C@@H]3O)/C=C/C=C/C=C/C=C/C=C/C=C/C=C/[C@H](C)[C@@H](O)[C@@H](C)C(C)OC(=O)C[C@H](O)C[C@H](O)CC[C@@H](O)[C@H](O)C[C@H](O)C1)O2. The average Bonchev–Trinajstić information content (AvgIpc) is 3.64. The molecule has 0 aliphatic carbocycles. The molecule has 1 amide bonds. The summed E-state index contributed by atoms with van der Waals surface area (Å²) in [7, 11) is 1.37. The molecular formula is C48H74N2O16. The van der Waals surface area contributed by atoms with E-state index in [-0.39, 0.29) is 50.9 Å². The number of amides is 1. The minimum Gasteiger partial charge on any atom is -0.462 e. The zero-order valence-electron chi connectivity index (χ0n) is 38.6. The molecule has 3 saturated heterocycles. The third-order valence-electron chi connectivity index (χ3n) is 12.6. The summed E-state index contributed by atoms with van der Waals surface area (Å²) in [6.45, 7) is 6.88. The van der Waals surface area contributed by atoms with Crippen LogP contribution in [0.1, 0.15) is 79.1 Å². The molecule has 11 N–H and O–H groups in total. The minimum atomic E-state index is -1.55. The van der Waals surface area contributed by atoms with E-state index in [0.717, 1.165) is 0 Å². The Morgan fingerprint density at radius 3 is 1.88 bits per heavy atom. The van der Waals surface area contributed by atoms with E-state index in [1.54, 1.807) is 45.1 Å². The summed E-state index contributed by atoms with van der Waals surface area (Å²) in [6.07, 6.45) is 8.35. The molecule has 4 aliphatic rings. The van der Waals surface area contributed by atoms with E-state index >= 15 is 0 Å². The average molecular weight is 935 g/mol. The highest BCUT2D eigenvalue weighted by Crippen LogP contribution is 2.40. The maximum Gasteiger partial charge on any atom is 0.407 e. The van der Waals surface area contributed by atoms with Crippen molar-refractivity contribution in [1.82, 2.24) is 5.32 Å². The minimum absolute atomic E-state index is 0.00367. The van der Waals surface area contributed by atoms with Gasteiger partial charge in [0.2, 0.25) is 0 Å². The van der Waals surface area contributed by atoms with Gasteiger partial charge in [0.1, 0.15) is 18.3 Å². The highest BCUT2D eigenvalue weighted by Gasteiger charge is 2.54. The Kier molecular flexibility index (Phi) is 22.3. The lowest BCUT2D eigenvalue weighted by Crippen LogP contribution is -2.62. The highest BCUT2D eigenvalue weighted by molar-refractivity contribution is 5.70. The van der Waals surface area contributed by atoms with Crippen molar-refractivity contribution in [3.8, 4) is 0 Å². The van der Waals surface area contributed by atoms with Crippen molar-refractivity contribution in [3.63, 3.8) is 0 Å². The van der Waals surface area contributed by atoms with E-state index in [4.69, 9.17) is 34.2 Å². The van der Waals surface area contributed by atoms with E-state index in [9.17, 15) is 50.4 Å². The number of allylic oxidation sites excluding steroid dienone is 12. The molecule has 4 rings (SSSR count). The molecule has 0 spiro atoms. The second-order valence-electron chi connectivity index (χ2n) is 17.9. The Bertz CT molecular complexity index is 1720. The molecule has 0 aromatic heterocycles. The number of nitrogens with two attached hydrogens (primary N) is 1. The topological polar surface area (TPSA) is 289 Å². The Morgan fingerprint density at radius 2 is 1.26 bits per heavy atom. The summed E-state index contributed by atoms with van der Waals surface area (Å²) >= 11 is 0. The fraction of sp³-hybridized carbons (Fsp3) is 0.667. The molecule has 0 aromatic carbocycles. The number of alkyl carbamates (subject to hydrolysis) is 1. The van der Waals surface area contributed by atoms with Crippen LogP contribution in [0.25, 0.3) is 0 Å². The molecule has 0 radical (unpaired) electrons. The maximum absolute atomic E-state index is 12.7. The summed E-state index contributed by atoms with van der Waals surface area (Å²) < 4.78 is 35.6. The first kappa shape index (κ1) is 55.0. The lowest BCUT2D eigenvalue weighted by Gasteiger charge is -2.46. The van der Waals surface area contributed by atoms with Gasteiger partial charge >= 0.3 is 12.1 Å².